The Morgan fingerprint density at radius 1 is 0.500 bits per heavy atom. The number of nitrogens with one attached hydrogen (secondary N) is 2. The first-order valence-electron chi connectivity index (χ1n) is 17.8. The summed E-state index contributed by atoms with van der Waals surface area (Å²) in [6.07, 6.45) is -1.24. The van der Waals surface area contributed by atoms with Gasteiger partial charge in [0.05, 0.1) is 0 Å². The molecule has 0 saturated carbocycles. The fourth-order valence-electron chi connectivity index (χ4n) is 6.70. The largest absolute Gasteiger partial charge is 0.449 e. The summed E-state index contributed by atoms with van der Waals surface area (Å²) in [5, 5.41) is 5.20. The van der Waals surface area contributed by atoms with E-state index in [1.54, 1.807) is 49.3 Å². The van der Waals surface area contributed by atoms with Crippen molar-refractivity contribution in [2.45, 2.75) is 50.6 Å². The molecule has 0 spiro atoms. The third-order valence-corrected chi connectivity index (χ3v) is 14.7. The number of hydrogen-bond acceptors (Lipinski definition) is 10. The van der Waals surface area contributed by atoms with Crippen LogP contribution >= 0.6 is 45.1 Å². The summed E-state index contributed by atoms with van der Waals surface area (Å²) in [6.45, 7) is 7.10. The van der Waals surface area contributed by atoms with Gasteiger partial charge in [0.25, 0.3) is 0 Å². The minimum absolute atomic E-state index is 0.0558. The van der Waals surface area contributed by atoms with Crippen LogP contribution in [-0.4, -0.2) is 69.7 Å². The SMILES string of the molecule is CC(C)(NC(=O)OCC1c2ccccc2-c2ccccc21)C(=O)SCCSSCCSC(=O)C(C)(C)NC(=O)OCC1c2ccccc2-c2ccccc21. The van der Waals surface area contributed by atoms with E-state index in [-0.39, 0.29) is 35.3 Å². The van der Waals surface area contributed by atoms with Gasteiger partial charge in [-0.15, -0.1) is 0 Å². The normalized spacial score (nSPS) is 13.3. The Hall–Kier alpha value is -3.84. The van der Waals surface area contributed by atoms with Crippen molar-refractivity contribution in [1.82, 2.24) is 10.6 Å². The molecule has 0 bridgehead atoms. The molecule has 282 valence electrons. The molecule has 2 N–H and O–H groups in total. The first kappa shape index (κ1) is 39.8. The summed E-state index contributed by atoms with van der Waals surface area (Å²) in [7, 11) is 3.25. The molecule has 6 rings (SSSR count). The standard InChI is InChI=1S/C42H44N2O6S4/c1-41(2,43-39(47)49-25-35-31-17-9-5-13-27(31)28-14-6-10-18-32(28)35)37(45)51-21-23-53-54-24-22-52-38(46)42(3,4)44-40(48)50-26-36-33-19-11-7-15-29(33)30-16-8-12-20-34(30)36/h5-20,35-36H,21-26H2,1-4H3,(H,43,47)(H,44,48). The van der Waals surface area contributed by atoms with Crippen molar-refractivity contribution in [1.29, 1.82) is 0 Å². The molecule has 0 heterocycles. The van der Waals surface area contributed by atoms with Crippen LogP contribution in [-0.2, 0) is 19.1 Å². The maximum atomic E-state index is 13.0. The fourth-order valence-corrected chi connectivity index (χ4v) is 11.3. The molecular formula is C42H44N2O6S4. The van der Waals surface area contributed by atoms with E-state index in [0.717, 1.165) is 56.0 Å². The summed E-state index contributed by atoms with van der Waals surface area (Å²) < 4.78 is 11.3. The monoisotopic (exact) mass is 800 g/mol. The molecule has 4 aromatic rings. The molecule has 0 aliphatic heterocycles. The summed E-state index contributed by atoms with van der Waals surface area (Å²) in [5.74, 6) is 2.48. The second-order valence-corrected chi connectivity index (χ2v) is 18.9. The third kappa shape index (κ3) is 9.33. The first-order valence-corrected chi connectivity index (χ1v) is 22.3. The van der Waals surface area contributed by atoms with Gasteiger partial charge >= 0.3 is 12.2 Å². The van der Waals surface area contributed by atoms with Crippen LogP contribution in [0.5, 0.6) is 0 Å². The zero-order chi connectivity index (χ0) is 38.3. The topological polar surface area (TPSA) is 111 Å². The molecule has 12 heteroatoms. The first-order chi connectivity index (χ1) is 26.0. The number of carbonyl (C=O) groups excluding carboxylic acids is 4. The molecule has 0 saturated heterocycles. The highest BCUT2D eigenvalue weighted by Crippen LogP contribution is 2.45. The van der Waals surface area contributed by atoms with E-state index in [2.05, 4.69) is 59.2 Å². The van der Waals surface area contributed by atoms with E-state index in [4.69, 9.17) is 9.47 Å². The van der Waals surface area contributed by atoms with Crippen LogP contribution in [0.1, 0.15) is 61.8 Å². The molecule has 0 fully saturated rings. The van der Waals surface area contributed by atoms with E-state index in [0.29, 0.717) is 11.5 Å². The van der Waals surface area contributed by atoms with Gasteiger partial charge in [0.15, 0.2) is 0 Å². The van der Waals surface area contributed by atoms with E-state index in [9.17, 15) is 19.2 Å². The summed E-state index contributed by atoms with van der Waals surface area (Å²) in [4.78, 5) is 51.5. The number of hydrogen-bond donors (Lipinski definition) is 2. The lowest BCUT2D eigenvalue weighted by Crippen LogP contribution is -2.49. The molecule has 8 nitrogen and oxygen atoms in total. The average Bonchev–Trinajstić information content (AvgIpc) is 3.66. The highest BCUT2D eigenvalue weighted by Gasteiger charge is 2.34. The number of rotatable bonds is 15. The van der Waals surface area contributed by atoms with Gasteiger partial charge < -0.3 is 20.1 Å². The zero-order valence-corrected chi connectivity index (χ0v) is 34.0. The number of carbonyl (C=O) groups is 4. The van der Waals surface area contributed by atoms with Crippen molar-refractivity contribution < 1.29 is 28.7 Å². The summed E-state index contributed by atoms with van der Waals surface area (Å²) >= 11 is 2.36. The predicted molar refractivity (Wildman–Crippen MR) is 224 cm³/mol. The van der Waals surface area contributed by atoms with Gasteiger partial charge in [0, 0.05) is 34.8 Å². The maximum Gasteiger partial charge on any atom is 0.407 e. The van der Waals surface area contributed by atoms with Crippen LogP contribution in [0.25, 0.3) is 22.3 Å². The maximum absolute atomic E-state index is 13.0. The Morgan fingerprint density at radius 3 is 1.11 bits per heavy atom. The predicted octanol–water partition coefficient (Wildman–Crippen LogP) is 9.52. The van der Waals surface area contributed by atoms with Gasteiger partial charge in [-0.1, -0.05) is 142 Å². The van der Waals surface area contributed by atoms with Crippen LogP contribution in [0.3, 0.4) is 0 Å². The fraction of sp³-hybridized carbons (Fsp3) is 0.333. The van der Waals surface area contributed by atoms with Crippen molar-refractivity contribution in [3.8, 4) is 22.3 Å². The smallest absolute Gasteiger partial charge is 0.407 e. The highest BCUT2D eigenvalue weighted by atomic mass is 33.1. The van der Waals surface area contributed by atoms with Gasteiger partial charge in [-0.25, -0.2) is 9.59 Å². The number of fused-ring (bicyclic) bond motifs is 6. The Labute approximate surface area is 333 Å². The van der Waals surface area contributed by atoms with E-state index < -0.39 is 23.3 Å². The Kier molecular flexibility index (Phi) is 13.1. The van der Waals surface area contributed by atoms with Crippen LogP contribution in [0.15, 0.2) is 97.1 Å². The molecule has 0 aromatic heterocycles. The number of alkyl carbamates (subject to hydrolysis) is 2. The van der Waals surface area contributed by atoms with Crippen molar-refractivity contribution in [3.05, 3.63) is 119 Å². The van der Waals surface area contributed by atoms with Crippen LogP contribution in [0.4, 0.5) is 9.59 Å². The molecule has 4 aromatic carbocycles. The van der Waals surface area contributed by atoms with Gasteiger partial charge in [-0.2, -0.15) is 0 Å². The van der Waals surface area contributed by atoms with Crippen LogP contribution in [0, 0.1) is 0 Å². The summed E-state index contributed by atoms with van der Waals surface area (Å²) in [5.41, 5.74) is 6.95. The van der Waals surface area contributed by atoms with E-state index in [1.165, 1.54) is 23.5 Å². The number of thioether (sulfide) groups is 2. The molecule has 2 amide bonds. The number of ether oxygens (including phenoxy) is 2. The Balaban J connectivity index is 0.836. The van der Waals surface area contributed by atoms with Gasteiger partial charge in [-0.05, 0) is 72.2 Å². The average molecular weight is 801 g/mol. The van der Waals surface area contributed by atoms with Gasteiger partial charge in [0.2, 0.25) is 10.2 Å². The molecule has 54 heavy (non-hydrogen) atoms. The van der Waals surface area contributed by atoms with Gasteiger partial charge in [-0.3, -0.25) is 9.59 Å². The number of amides is 2. The third-order valence-electron chi connectivity index (χ3n) is 9.42. The van der Waals surface area contributed by atoms with Crippen LogP contribution in [0.2, 0.25) is 0 Å². The van der Waals surface area contributed by atoms with Gasteiger partial charge in [0.1, 0.15) is 24.3 Å². The molecule has 0 atom stereocenters. The van der Waals surface area contributed by atoms with Crippen molar-refractivity contribution >= 4 is 67.5 Å². The summed E-state index contributed by atoms with van der Waals surface area (Å²) in [6, 6.07) is 32.6. The molecule has 2 aliphatic carbocycles. The van der Waals surface area contributed by atoms with Crippen molar-refractivity contribution in [3.63, 3.8) is 0 Å². The molecular weight excluding hydrogens is 757 g/mol. The lowest BCUT2D eigenvalue weighted by molar-refractivity contribution is -0.116. The number of benzene rings is 4. The lowest BCUT2D eigenvalue weighted by atomic mass is 9.98. The molecule has 0 radical (unpaired) electrons. The Bertz CT molecular complexity index is 1780. The second-order valence-electron chi connectivity index (χ2n) is 14.1. The quantitative estimate of drug-likeness (QED) is 0.0891. The van der Waals surface area contributed by atoms with E-state index >= 15 is 0 Å². The highest BCUT2D eigenvalue weighted by molar-refractivity contribution is 8.76. The van der Waals surface area contributed by atoms with Crippen LogP contribution < -0.4 is 10.6 Å². The minimum atomic E-state index is -1.09. The Morgan fingerprint density at radius 2 is 0.796 bits per heavy atom. The molecule has 0 unspecified atom stereocenters. The second kappa shape index (κ2) is 17.7. The van der Waals surface area contributed by atoms with Crippen molar-refractivity contribution in [2.75, 3.05) is 36.2 Å². The lowest BCUT2D eigenvalue weighted by Gasteiger charge is -2.24. The minimum Gasteiger partial charge on any atom is -0.449 e. The van der Waals surface area contributed by atoms with E-state index in [1.807, 2.05) is 48.5 Å². The zero-order valence-electron chi connectivity index (χ0n) is 30.7. The molecule has 2 aliphatic rings. The van der Waals surface area contributed by atoms with Crippen molar-refractivity contribution in [2.24, 2.45) is 0 Å².